The zero-order valence-corrected chi connectivity index (χ0v) is 21.9. The molecule has 2 N–H and O–H groups in total. The summed E-state index contributed by atoms with van der Waals surface area (Å²) < 4.78 is 59.9. The molecule has 1 aliphatic heterocycles. The average molecular weight is 563 g/mol. The molecular weight excluding hydrogens is 532 g/mol. The van der Waals surface area contributed by atoms with Crippen molar-refractivity contribution in [2.45, 2.75) is 26.2 Å². The van der Waals surface area contributed by atoms with Gasteiger partial charge in [-0.25, -0.2) is 24.3 Å². The maximum Gasteiger partial charge on any atom is 0.434 e. The molecule has 0 aliphatic carbocycles. The molecule has 1 amide bonds. The Bertz CT molecular complexity index is 1250. The lowest BCUT2D eigenvalue weighted by Gasteiger charge is -2.34. The van der Waals surface area contributed by atoms with Crippen molar-refractivity contribution in [3.63, 3.8) is 0 Å². The summed E-state index contributed by atoms with van der Waals surface area (Å²) in [5.74, 6) is -1.22. The highest BCUT2D eigenvalue weighted by molar-refractivity contribution is 5.95. The van der Waals surface area contributed by atoms with Crippen LogP contribution in [0, 0.1) is 5.82 Å². The van der Waals surface area contributed by atoms with Gasteiger partial charge in [0.05, 0.1) is 24.6 Å². The Balaban J connectivity index is 1.34. The van der Waals surface area contributed by atoms with Crippen LogP contribution in [0.5, 0.6) is 0 Å². The number of rotatable bonds is 11. The predicted molar refractivity (Wildman–Crippen MR) is 139 cm³/mol. The van der Waals surface area contributed by atoms with Crippen LogP contribution >= 0.6 is 0 Å². The molecule has 0 bridgehead atoms. The maximum absolute atomic E-state index is 13.9. The minimum atomic E-state index is -4.83. The van der Waals surface area contributed by atoms with Crippen molar-refractivity contribution in [2.24, 2.45) is 0 Å². The number of hydrogen-bond acceptors (Lipinski definition) is 9. The van der Waals surface area contributed by atoms with E-state index in [0.29, 0.717) is 52.5 Å². The minimum Gasteiger partial charge on any atom is -0.380 e. The Kier molecular flexibility index (Phi) is 9.77. The standard InChI is InChI=1S/C26H30F4N8O2/c1-2-40-12-11-37-7-9-38(10-8-37)23(39)21-17-35-25(36-22(21)26(28,29)30)32-14-19-5-3-18(4-6-19)13-31-24-33-15-20(27)16-34-24/h3-6,15-17H,2,7-14H2,1H3,(H,31,33,34)(H,32,35,36). The Labute approximate surface area is 228 Å². The van der Waals surface area contributed by atoms with Gasteiger partial charge in [-0.15, -0.1) is 0 Å². The summed E-state index contributed by atoms with van der Waals surface area (Å²) >= 11 is 0. The fourth-order valence-corrected chi connectivity index (χ4v) is 4.06. The van der Waals surface area contributed by atoms with Crippen LogP contribution in [0.4, 0.5) is 29.5 Å². The number of carbonyl (C=O) groups excluding carboxylic acids is 1. The van der Waals surface area contributed by atoms with Crippen LogP contribution < -0.4 is 10.6 Å². The number of piperazine rings is 1. The zero-order chi connectivity index (χ0) is 28.5. The molecule has 0 atom stereocenters. The van der Waals surface area contributed by atoms with Gasteiger partial charge in [0, 0.05) is 58.6 Å². The van der Waals surface area contributed by atoms with E-state index in [4.69, 9.17) is 4.74 Å². The van der Waals surface area contributed by atoms with Crippen molar-refractivity contribution in [3.05, 3.63) is 71.1 Å². The predicted octanol–water partition coefficient (Wildman–Crippen LogP) is 3.44. The van der Waals surface area contributed by atoms with Gasteiger partial charge in [0.1, 0.15) is 0 Å². The van der Waals surface area contributed by atoms with E-state index in [1.165, 1.54) is 4.90 Å². The van der Waals surface area contributed by atoms with Gasteiger partial charge in [0.15, 0.2) is 11.5 Å². The Morgan fingerprint density at radius 1 is 0.925 bits per heavy atom. The molecule has 214 valence electrons. The lowest BCUT2D eigenvalue weighted by Crippen LogP contribution is -2.49. The van der Waals surface area contributed by atoms with Gasteiger partial charge < -0.3 is 20.3 Å². The van der Waals surface area contributed by atoms with Gasteiger partial charge in [-0.1, -0.05) is 24.3 Å². The average Bonchev–Trinajstić information content (AvgIpc) is 2.96. The molecule has 1 aromatic carbocycles. The first-order valence-electron chi connectivity index (χ1n) is 12.8. The van der Waals surface area contributed by atoms with Crippen LogP contribution in [0.15, 0.2) is 42.9 Å². The summed E-state index contributed by atoms with van der Waals surface area (Å²) in [5, 5.41) is 5.76. The number of halogens is 4. The number of ether oxygens (including phenoxy) is 1. The number of anilines is 2. The van der Waals surface area contributed by atoms with Crippen LogP contribution in [0.3, 0.4) is 0 Å². The second kappa shape index (κ2) is 13.4. The molecule has 1 saturated heterocycles. The first-order chi connectivity index (χ1) is 19.2. The van der Waals surface area contributed by atoms with Gasteiger partial charge in [-0.2, -0.15) is 13.2 Å². The molecule has 1 aliphatic rings. The van der Waals surface area contributed by atoms with E-state index < -0.39 is 29.2 Å². The van der Waals surface area contributed by atoms with Gasteiger partial charge >= 0.3 is 6.18 Å². The van der Waals surface area contributed by atoms with Crippen molar-refractivity contribution >= 4 is 17.8 Å². The monoisotopic (exact) mass is 562 g/mol. The smallest absolute Gasteiger partial charge is 0.380 e. The molecule has 0 unspecified atom stereocenters. The van der Waals surface area contributed by atoms with Crippen LogP contribution in [0.1, 0.15) is 34.1 Å². The number of alkyl halides is 3. The Hall–Kier alpha value is -3.91. The molecule has 0 spiro atoms. The fourth-order valence-electron chi connectivity index (χ4n) is 4.06. The summed E-state index contributed by atoms with van der Waals surface area (Å²) in [7, 11) is 0. The second-order valence-corrected chi connectivity index (χ2v) is 9.03. The van der Waals surface area contributed by atoms with E-state index in [1.54, 1.807) is 12.1 Å². The highest BCUT2D eigenvalue weighted by atomic mass is 19.4. The lowest BCUT2D eigenvalue weighted by molar-refractivity contribution is -0.141. The minimum absolute atomic E-state index is 0.170. The lowest BCUT2D eigenvalue weighted by atomic mass is 10.1. The summed E-state index contributed by atoms with van der Waals surface area (Å²) in [6.07, 6.45) is -1.77. The molecule has 2 aromatic heterocycles. The third kappa shape index (κ3) is 8.05. The fraction of sp³-hybridized carbons (Fsp3) is 0.423. The van der Waals surface area contributed by atoms with Crippen molar-refractivity contribution in [1.82, 2.24) is 29.7 Å². The van der Waals surface area contributed by atoms with Crippen LogP contribution in [-0.2, 0) is 24.0 Å². The van der Waals surface area contributed by atoms with E-state index in [2.05, 4.69) is 35.5 Å². The summed E-state index contributed by atoms with van der Waals surface area (Å²) in [4.78, 5) is 31.8. The number of benzene rings is 1. The topological polar surface area (TPSA) is 108 Å². The number of hydrogen-bond donors (Lipinski definition) is 2. The molecule has 10 nitrogen and oxygen atoms in total. The van der Waals surface area contributed by atoms with E-state index in [1.807, 2.05) is 19.1 Å². The molecule has 3 aromatic rings. The number of nitrogens with one attached hydrogen (secondary N) is 2. The molecule has 0 saturated carbocycles. The highest BCUT2D eigenvalue weighted by Crippen LogP contribution is 2.31. The van der Waals surface area contributed by atoms with Crippen LogP contribution in [0.2, 0.25) is 0 Å². The molecular formula is C26H30F4N8O2. The summed E-state index contributed by atoms with van der Waals surface area (Å²) in [6, 6.07) is 7.25. The molecule has 1 fully saturated rings. The third-order valence-electron chi connectivity index (χ3n) is 6.25. The zero-order valence-electron chi connectivity index (χ0n) is 21.9. The van der Waals surface area contributed by atoms with Crippen molar-refractivity contribution in [2.75, 3.05) is 56.6 Å². The summed E-state index contributed by atoms with van der Waals surface area (Å²) in [5.41, 5.74) is -0.160. The van der Waals surface area contributed by atoms with E-state index in [-0.39, 0.29) is 18.4 Å². The van der Waals surface area contributed by atoms with Crippen molar-refractivity contribution in [3.8, 4) is 0 Å². The quantitative estimate of drug-likeness (QED) is 0.268. The van der Waals surface area contributed by atoms with E-state index in [0.717, 1.165) is 29.7 Å². The molecule has 40 heavy (non-hydrogen) atoms. The molecule has 3 heterocycles. The maximum atomic E-state index is 13.9. The number of nitrogens with zero attached hydrogens (tertiary/aromatic N) is 6. The first-order valence-corrected chi connectivity index (χ1v) is 12.8. The largest absolute Gasteiger partial charge is 0.434 e. The van der Waals surface area contributed by atoms with Crippen LogP contribution in [-0.4, -0.2) is 81.6 Å². The molecule has 4 rings (SSSR count). The number of aromatic nitrogens is 4. The second-order valence-electron chi connectivity index (χ2n) is 9.03. The van der Waals surface area contributed by atoms with Gasteiger partial charge in [0.2, 0.25) is 11.9 Å². The Morgan fingerprint density at radius 2 is 1.50 bits per heavy atom. The van der Waals surface area contributed by atoms with E-state index >= 15 is 0 Å². The third-order valence-corrected chi connectivity index (χ3v) is 6.25. The van der Waals surface area contributed by atoms with Crippen LogP contribution in [0.25, 0.3) is 0 Å². The van der Waals surface area contributed by atoms with E-state index in [9.17, 15) is 22.4 Å². The first kappa shape index (κ1) is 29.1. The SMILES string of the molecule is CCOCCN1CCN(C(=O)c2cnc(NCc3ccc(CNc4ncc(F)cn4)cc3)nc2C(F)(F)F)CC1. The summed E-state index contributed by atoms with van der Waals surface area (Å²) in [6.45, 7) is 6.09. The number of amides is 1. The van der Waals surface area contributed by atoms with Gasteiger partial charge in [-0.05, 0) is 18.1 Å². The van der Waals surface area contributed by atoms with Gasteiger partial charge in [0.25, 0.3) is 5.91 Å². The highest BCUT2D eigenvalue weighted by Gasteiger charge is 2.39. The van der Waals surface area contributed by atoms with Crippen molar-refractivity contribution < 1.29 is 27.1 Å². The normalized spacial score (nSPS) is 14.3. The van der Waals surface area contributed by atoms with Gasteiger partial charge in [-0.3, -0.25) is 9.69 Å². The number of carbonyl (C=O) groups is 1. The van der Waals surface area contributed by atoms with Crippen molar-refractivity contribution in [1.29, 1.82) is 0 Å². The molecule has 0 radical (unpaired) electrons. The Morgan fingerprint density at radius 3 is 2.08 bits per heavy atom. The molecule has 14 heteroatoms.